The molecule has 2 aromatic carbocycles. The van der Waals surface area contributed by atoms with Crippen LogP contribution in [0.4, 0.5) is 4.39 Å². The third-order valence-electron chi connectivity index (χ3n) is 3.83. The second-order valence-electron chi connectivity index (χ2n) is 5.70. The first kappa shape index (κ1) is 17.5. The fourth-order valence-electron chi connectivity index (χ4n) is 2.52. The molecule has 3 aromatic rings. The molecule has 0 unspecified atom stereocenters. The van der Waals surface area contributed by atoms with Crippen molar-refractivity contribution in [3.8, 4) is 5.75 Å². The smallest absolute Gasteiger partial charge is 0.242 e. The summed E-state index contributed by atoms with van der Waals surface area (Å²) in [6.45, 7) is 0. The number of fused-ring (bicyclic) bond motifs is 1. The first-order valence-electron chi connectivity index (χ1n) is 7.91. The zero-order valence-corrected chi connectivity index (χ0v) is 14.0. The van der Waals surface area contributed by atoms with Gasteiger partial charge in [0, 0.05) is 17.0 Å². The summed E-state index contributed by atoms with van der Waals surface area (Å²) in [5.41, 5.74) is 6.67. The molecule has 0 aliphatic carbocycles. The second kappa shape index (κ2) is 7.69. The number of carbonyl (C=O) groups excluding carboxylic acids is 2. The Balaban J connectivity index is 1.54. The molecule has 0 fully saturated rings. The lowest BCUT2D eigenvalue weighted by Crippen LogP contribution is -2.43. The normalized spacial score (nSPS) is 10.5. The van der Waals surface area contributed by atoms with E-state index in [0.29, 0.717) is 22.5 Å². The van der Waals surface area contributed by atoms with Crippen LogP contribution in [-0.2, 0) is 22.4 Å². The second-order valence-corrected chi connectivity index (χ2v) is 5.70. The Hall–Kier alpha value is -3.35. The van der Waals surface area contributed by atoms with Crippen LogP contribution in [0.5, 0.6) is 5.75 Å². The number of rotatable bonds is 5. The summed E-state index contributed by atoms with van der Waals surface area (Å²) in [5.74, 6) is -0.481. The van der Waals surface area contributed by atoms with Crippen LogP contribution in [0.3, 0.4) is 0 Å². The molecule has 6 nitrogen and oxygen atoms in total. The van der Waals surface area contributed by atoms with E-state index in [9.17, 15) is 14.0 Å². The fraction of sp³-hybridized carbons (Fsp3) is 0.158. The van der Waals surface area contributed by atoms with Crippen molar-refractivity contribution in [3.05, 3.63) is 65.7 Å². The molecule has 0 atom stereocenters. The molecule has 0 bridgehead atoms. The number of furan rings is 1. The number of carbonyl (C=O) groups is 2. The van der Waals surface area contributed by atoms with Gasteiger partial charge in [0.2, 0.25) is 11.8 Å². The maximum absolute atomic E-state index is 12.8. The van der Waals surface area contributed by atoms with Gasteiger partial charge in [0.15, 0.2) is 0 Å². The first-order valence-corrected chi connectivity index (χ1v) is 7.91. The van der Waals surface area contributed by atoms with Gasteiger partial charge in [-0.25, -0.2) is 4.39 Å². The lowest BCUT2D eigenvalue weighted by Gasteiger charge is -2.07. The van der Waals surface area contributed by atoms with Crippen molar-refractivity contribution in [2.45, 2.75) is 12.8 Å². The van der Waals surface area contributed by atoms with Gasteiger partial charge < -0.3 is 9.15 Å². The number of methoxy groups -OCH3 is 1. The Morgan fingerprint density at radius 2 is 1.73 bits per heavy atom. The summed E-state index contributed by atoms with van der Waals surface area (Å²) >= 11 is 0. The van der Waals surface area contributed by atoms with Crippen LogP contribution in [-0.4, -0.2) is 18.9 Å². The van der Waals surface area contributed by atoms with E-state index in [-0.39, 0.29) is 24.6 Å². The van der Waals surface area contributed by atoms with Gasteiger partial charge in [-0.2, -0.15) is 0 Å². The third-order valence-corrected chi connectivity index (χ3v) is 3.83. The van der Waals surface area contributed by atoms with E-state index in [1.54, 1.807) is 19.2 Å². The molecule has 0 radical (unpaired) electrons. The van der Waals surface area contributed by atoms with Crippen molar-refractivity contribution in [3.63, 3.8) is 0 Å². The van der Waals surface area contributed by atoms with Gasteiger partial charge in [-0.1, -0.05) is 12.1 Å². The molecular weight excluding hydrogens is 339 g/mol. The number of nitrogens with one attached hydrogen (secondary N) is 2. The van der Waals surface area contributed by atoms with Crippen molar-refractivity contribution in [1.29, 1.82) is 0 Å². The Labute approximate surface area is 148 Å². The molecule has 1 heterocycles. The fourth-order valence-corrected chi connectivity index (χ4v) is 2.52. The molecule has 26 heavy (non-hydrogen) atoms. The molecule has 0 spiro atoms. The number of hydrogen-bond acceptors (Lipinski definition) is 4. The molecule has 2 N–H and O–H groups in total. The highest BCUT2D eigenvalue weighted by atomic mass is 19.1. The topological polar surface area (TPSA) is 80.6 Å². The molecule has 0 saturated carbocycles. The zero-order chi connectivity index (χ0) is 18.5. The SMILES string of the molecule is COc1ccc2c(CC(=O)NNC(=O)Cc3ccc(F)cc3)coc2c1. The van der Waals surface area contributed by atoms with Crippen molar-refractivity contribution in [2.24, 2.45) is 0 Å². The predicted molar refractivity (Wildman–Crippen MR) is 92.9 cm³/mol. The number of halogens is 1. The Bertz CT molecular complexity index is 934. The average Bonchev–Trinajstić information content (AvgIpc) is 3.04. The highest BCUT2D eigenvalue weighted by molar-refractivity contribution is 5.89. The summed E-state index contributed by atoms with van der Waals surface area (Å²) < 4.78 is 23.4. The number of hydrazine groups is 1. The largest absolute Gasteiger partial charge is 0.497 e. The van der Waals surface area contributed by atoms with Crippen LogP contribution >= 0.6 is 0 Å². The van der Waals surface area contributed by atoms with Crippen LogP contribution in [0.1, 0.15) is 11.1 Å². The van der Waals surface area contributed by atoms with E-state index in [0.717, 1.165) is 5.39 Å². The monoisotopic (exact) mass is 356 g/mol. The lowest BCUT2D eigenvalue weighted by molar-refractivity contribution is -0.128. The Morgan fingerprint density at radius 3 is 2.42 bits per heavy atom. The van der Waals surface area contributed by atoms with Crippen molar-refractivity contribution < 1.29 is 23.1 Å². The van der Waals surface area contributed by atoms with E-state index in [1.165, 1.54) is 30.5 Å². The summed E-state index contributed by atoms with van der Waals surface area (Å²) in [6, 6.07) is 10.9. The number of ether oxygens (including phenoxy) is 1. The average molecular weight is 356 g/mol. The first-order chi connectivity index (χ1) is 12.5. The van der Waals surface area contributed by atoms with Gasteiger partial charge in [-0.15, -0.1) is 0 Å². The molecule has 7 heteroatoms. The molecule has 0 aliphatic heterocycles. The summed E-state index contributed by atoms with van der Waals surface area (Å²) in [7, 11) is 1.56. The van der Waals surface area contributed by atoms with Gasteiger partial charge >= 0.3 is 0 Å². The predicted octanol–water partition coefficient (Wildman–Crippen LogP) is 2.51. The summed E-state index contributed by atoms with van der Waals surface area (Å²) in [6.07, 6.45) is 1.59. The molecule has 0 saturated heterocycles. The molecule has 3 rings (SSSR count). The maximum atomic E-state index is 12.8. The van der Waals surface area contributed by atoms with Crippen molar-refractivity contribution >= 4 is 22.8 Å². The van der Waals surface area contributed by atoms with Crippen molar-refractivity contribution in [1.82, 2.24) is 10.9 Å². The molecule has 134 valence electrons. The minimum Gasteiger partial charge on any atom is -0.497 e. The van der Waals surface area contributed by atoms with E-state index in [2.05, 4.69) is 10.9 Å². The van der Waals surface area contributed by atoms with Crippen LogP contribution in [0.15, 0.2) is 53.1 Å². The van der Waals surface area contributed by atoms with Crippen LogP contribution < -0.4 is 15.6 Å². The van der Waals surface area contributed by atoms with Crippen LogP contribution in [0, 0.1) is 5.82 Å². The van der Waals surface area contributed by atoms with Crippen molar-refractivity contribution in [2.75, 3.05) is 7.11 Å². The molecule has 1 aromatic heterocycles. The van der Waals surface area contributed by atoms with E-state index >= 15 is 0 Å². The van der Waals surface area contributed by atoms with Crippen LogP contribution in [0.25, 0.3) is 11.0 Å². The standard InChI is InChI=1S/C19H17FN2O4/c1-25-15-6-7-16-13(11-26-17(16)10-15)9-19(24)22-21-18(23)8-12-2-4-14(20)5-3-12/h2-7,10-11H,8-9H2,1H3,(H,21,23)(H,22,24). The summed E-state index contributed by atoms with van der Waals surface area (Å²) in [5, 5.41) is 0.804. The van der Waals surface area contributed by atoms with E-state index in [1.807, 2.05) is 6.07 Å². The van der Waals surface area contributed by atoms with Gasteiger partial charge in [0.05, 0.1) is 26.2 Å². The zero-order valence-electron chi connectivity index (χ0n) is 14.0. The molecule has 0 aliphatic rings. The number of hydrogen-bond donors (Lipinski definition) is 2. The van der Waals surface area contributed by atoms with Gasteiger partial charge in [-0.05, 0) is 29.8 Å². The Morgan fingerprint density at radius 1 is 1.04 bits per heavy atom. The minimum atomic E-state index is -0.397. The maximum Gasteiger partial charge on any atom is 0.242 e. The third kappa shape index (κ3) is 4.18. The Kier molecular flexibility index (Phi) is 5.17. The molecular formula is C19H17FN2O4. The highest BCUT2D eigenvalue weighted by Gasteiger charge is 2.12. The van der Waals surface area contributed by atoms with Gasteiger partial charge in [0.25, 0.3) is 0 Å². The summed E-state index contributed by atoms with van der Waals surface area (Å²) in [4.78, 5) is 23.9. The molecule has 2 amide bonds. The number of amides is 2. The lowest BCUT2D eigenvalue weighted by atomic mass is 10.1. The van der Waals surface area contributed by atoms with E-state index in [4.69, 9.17) is 9.15 Å². The minimum absolute atomic E-state index is 0.0367. The highest BCUT2D eigenvalue weighted by Crippen LogP contribution is 2.25. The van der Waals surface area contributed by atoms with E-state index < -0.39 is 5.91 Å². The quantitative estimate of drug-likeness (QED) is 0.689. The van der Waals surface area contributed by atoms with Crippen LogP contribution in [0.2, 0.25) is 0 Å². The number of benzene rings is 2. The van der Waals surface area contributed by atoms with Gasteiger partial charge in [-0.3, -0.25) is 20.4 Å². The van der Waals surface area contributed by atoms with Gasteiger partial charge in [0.1, 0.15) is 17.1 Å².